The van der Waals surface area contributed by atoms with Crippen LogP contribution >= 0.6 is 0 Å². The van der Waals surface area contributed by atoms with Gasteiger partial charge in [0.25, 0.3) is 0 Å². The zero-order valence-corrected chi connectivity index (χ0v) is 16.1. The molecule has 0 aliphatic heterocycles. The molecule has 0 saturated carbocycles. The first-order valence-corrected chi connectivity index (χ1v) is 9.59. The molecule has 0 fully saturated rings. The standard InChI is InChI=1S/C22H26N2O5/c25-19(26)15-9-3-8-14-18(21(27)28)23-22(29)24-20(16-10-4-1-5-11-16)17-12-6-2-7-13-17/h1-2,4-7,10-13,18,20H,3,8-9,14-15H2,(H,25,26)(H,27,28)(H2,23,24,29). The first kappa shape index (κ1) is 21.9. The van der Waals surface area contributed by atoms with Crippen molar-refractivity contribution in [2.24, 2.45) is 0 Å². The summed E-state index contributed by atoms with van der Waals surface area (Å²) in [5, 5.41) is 23.4. The number of benzene rings is 2. The van der Waals surface area contributed by atoms with E-state index in [9.17, 15) is 19.5 Å². The Bertz CT molecular complexity index is 756. The Morgan fingerprint density at radius 2 is 1.31 bits per heavy atom. The van der Waals surface area contributed by atoms with E-state index in [2.05, 4.69) is 10.6 Å². The molecule has 0 aliphatic rings. The average Bonchev–Trinajstić information content (AvgIpc) is 2.72. The maximum Gasteiger partial charge on any atom is 0.326 e. The van der Waals surface area contributed by atoms with Crippen LogP contribution in [0.25, 0.3) is 0 Å². The molecule has 0 saturated heterocycles. The van der Waals surface area contributed by atoms with E-state index in [0.29, 0.717) is 19.3 Å². The minimum atomic E-state index is -1.12. The lowest BCUT2D eigenvalue weighted by molar-refractivity contribution is -0.140. The Balaban J connectivity index is 1.98. The number of nitrogens with one attached hydrogen (secondary N) is 2. The molecule has 2 aromatic rings. The predicted octanol–water partition coefficient (Wildman–Crippen LogP) is 3.56. The van der Waals surface area contributed by atoms with Gasteiger partial charge in [-0.15, -0.1) is 0 Å². The van der Waals surface area contributed by atoms with Gasteiger partial charge in [0.15, 0.2) is 0 Å². The minimum absolute atomic E-state index is 0.0570. The van der Waals surface area contributed by atoms with Crippen LogP contribution in [0, 0.1) is 0 Å². The van der Waals surface area contributed by atoms with Crippen molar-refractivity contribution in [1.82, 2.24) is 10.6 Å². The van der Waals surface area contributed by atoms with Gasteiger partial charge in [0, 0.05) is 6.42 Å². The largest absolute Gasteiger partial charge is 0.481 e. The van der Waals surface area contributed by atoms with Crippen molar-refractivity contribution in [3.05, 3.63) is 71.8 Å². The summed E-state index contributed by atoms with van der Waals surface area (Å²) in [6.07, 6.45) is 1.89. The van der Waals surface area contributed by atoms with Gasteiger partial charge in [-0.05, 0) is 24.0 Å². The first-order valence-electron chi connectivity index (χ1n) is 9.59. The van der Waals surface area contributed by atoms with E-state index in [0.717, 1.165) is 11.1 Å². The maximum atomic E-state index is 12.5. The van der Waals surface area contributed by atoms with E-state index in [1.807, 2.05) is 60.7 Å². The number of hydrogen-bond donors (Lipinski definition) is 4. The van der Waals surface area contributed by atoms with Crippen molar-refractivity contribution in [3.8, 4) is 0 Å². The fourth-order valence-electron chi connectivity index (χ4n) is 3.04. The predicted molar refractivity (Wildman–Crippen MR) is 109 cm³/mol. The first-order chi connectivity index (χ1) is 14.0. The number of amides is 2. The number of hydrogen-bond acceptors (Lipinski definition) is 3. The Hall–Kier alpha value is -3.35. The van der Waals surface area contributed by atoms with Crippen LogP contribution < -0.4 is 10.6 Å². The van der Waals surface area contributed by atoms with Gasteiger partial charge in [-0.25, -0.2) is 9.59 Å². The Morgan fingerprint density at radius 1 is 0.759 bits per heavy atom. The Morgan fingerprint density at radius 3 is 1.79 bits per heavy atom. The minimum Gasteiger partial charge on any atom is -0.481 e. The second kappa shape index (κ2) is 11.5. The quantitative estimate of drug-likeness (QED) is 0.432. The smallest absolute Gasteiger partial charge is 0.326 e. The molecule has 4 N–H and O–H groups in total. The van der Waals surface area contributed by atoms with Gasteiger partial charge in [0.1, 0.15) is 6.04 Å². The summed E-state index contributed by atoms with van der Waals surface area (Å²) in [7, 11) is 0. The van der Waals surface area contributed by atoms with Crippen LogP contribution in [0.15, 0.2) is 60.7 Å². The summed E-state index contributed by atoms with van der Waals surface area (Å²) in [4.78, 5) is 34.6. The summed E-state index contributed by atoms with van der Waals surface area (Å²) in [6.45, 7) is 0. The number of aliphatic carboxylic acids is 2. The lowest BCUT2D eigenvalue weighted by Crippen LogP contribution is -2.47. The van der Waals surface area contributed by atoms with Crippen LogP contribution in [0.1, 0.15) is 49.3 Å². The van der Waals surface area contributed by atoms with Crippen LogP contribution in [0.2, 0.25) is 0 Å². The SMILES string of the molecule is O=C(O)CCCCCC(NC(=O)NC(c1ccccc1)c1ccccc1)C(=O)O. The molecule has 29 heavy (non-hydrogen) atoms. The number of urea groups is 1. The van der Waals surface area contributed by atoms with Gasteiger partial charge in [-0.1, -0.05) is 73.5 Å². The molecular formula is C22H26N2O5. The third kappa shape index (κ3) is 7.65. The van der Waals surface area contributed by atoms with Crippen LogP contribution in [0.5, 0.6) is 0 Å². The number of rotatable bonds is 11. The van der Waals surface area contributed by atoms with Crippen LogP contribution in [-0.2, 0) is 9.59 Å². The Labute approximate surface area is 169 Å². The van der Waals surface area contributed by atoms with Crippen LogP contribution in [0.3, 0.4) is 0 Å². The number of unbranched alkanes of at least 4 members (excludes halogenated alkanes) is 2. The monoisotopic (exact) mass is 398 g/mol. The van der Waals surface area contributed by atoms with Gasteiger partial charge in [0.2, 0.25) is 0 Å². The second-order valence-electron chi connectivity index (χ2n) is 6.76. The molecule has 0 radical (unpaired) electrons. The molecule has 7 heteroatoms. The van der Waals surface area contributed by atoms with E-state index >= 15 is 0 Å². The van der Waals surface area contributed by atoms with Crippen LogP contribution in [0.4, 0.5) is 4.79 Å². The summed E-state index contributed by atoms with van der Waals surface area (Å²) >= 11 is 0. The molecule has 2 rings (SSSR count). The van der Waals surface area contributed by atoms with E-state index in [4.69, 9.17) is 5.11 Å². The molecule has 7 nitrogen and oxygen atoms in total. The molecule has 0 aromatic heterocycles. The topological polar surface area (TPSA) is 116 Å². The van der Waals surface area contributed by atoms with Crippen molar-refractivity contribution < 1.29 is 24.6 Å². The average molecular weight is 398 g/mol. The summed E-state index contributed by atoms with van der Waals surface area (Å²) in [5.74, 6) is -1.99. The zero-order chi connectivity index (χ0) is 21.1. The molecule has 0 aliphatic carbocycles. The molecule has 0 heterocycles. The maximum absolute atomic E-state index is 12.5. The number of carbonyl (C=O) groups excluding carboxylic acids is 1. The third-order valence-electron chi connectivity index (χ3n) is 4.53. The van der Waals surface area contributed by atoms with E-state index in [-0.39, 0.29) is 12.8 Å². The number of carboxylic acids is 2. The van der Waals surface area contributed by atoms with Gasteiger partial charge in [-0.2, -0.15) is 0 Å². The van der Waals surface area contributed by atoms with E-state index < -0.39 is 30.1 Å². The van der Waals surface area contributed by atoms with Gasteiger partial charge in [0.05, 0.1) is 6.04 Å². The summed E-state index contributed by atoms with van der Waals surface area (Å²) in [6, 6.07) is 16.9. The van der Waals surface area contributed by atoms with Crippen molar-refractivity contribution in [1.29, 1.82) is 0 Å². The van der Waals surface area contributed by atoms with Crippen molar-refractivity contribution in [3.63, 3.8) is 0 Å². The normalized spacial score (nSPS) is 11.6. The third-order valence-corrected chi connectivity index (χ3v) is 4.53. The summed E-state index contributed by atoms with van der Waals surface area (Å²) < 4.78 is 0. The van der Waals surface area contributed by atoms with Gasteiger partial charge in [-0.3, -0.25) is 4.79 Å². The van der Waals surface area contributed by atoms with Crippen molar-refractivity contribution >= 4 is 18.0 Å². The molecule has 154 valence electrons. The highest BCUT2D eigenvalue weighted by molar-refractivity contribution is 5.83. The Kier molecular flexibility index (Phi) is 8.69. The van der Waals surface area contributed by atoms with E-state index in [1.54, 1.807) is 0 Å². The van der Waals surface area contributed by atoms with Crippen molar-refractivity contribution in [2.75, 3.05) is 0 Å². The lowest BCUT2D eigenvalue weighted by atomic mass is 9.99. The van der Waals surface area contributed by atoms with Crippen molar-refractivity contribution in [2.45, 2.75) is 44.2 Å². The zero-order valence-electron chi connectivity index (χ0n) is 16.1. The molecule has 0 bridgehead atoms. The summed E-state index contributed by atoms with van der Waals surface area (Å²) in [5.41, 5.74) is 1.77. The van der Waals surface area contributed by atoms with Crippen LogP contribution in [-0.4, -0.2) is 34.2 Å². The molecule has 1 unspecified atom stereocenters. The molecule has 1 atom stereocenters. The van der Waals surface area contributed by atoms with Gasteiger partial charge >= 0.3 is 18.0 Å². The highest BCUT2D eigenvalue weighted by atomic mass is 16.4. The second-order valence-corrected chi connectivity index (χ2v) is 6.76. The highest BCUT2D eigenvalue weighted by Gasteiger charge is 2.22. The fraction of sp³-hybridized carbons (Fsp3) is 0.318. The van der Waals surface area contributed by atoms with E-state index in [1.165, 1.54) is 0 Å². The number of carbonyl (C=O) groups is 3. The fourth-order valence-corrected chi connectivity index (χ4v) is 3.04. The molecular weight excluding hydrogens is 372 g/mol. The lowest BCUT2D eigenvalue weighted by Gasteiger charge is -2.22. The molecule has 0 spiro atoms. The molecule has 2 aromatic carbocycles. The van der Waals surface area contributed by atoms with Gasteiger partial charge < -0.3 is 20.8 Å². The molecule has 2 amide bonds. The number of carboxylic acid groups (broad SMARTS) is 2. The highest BCUT2D eigenvalue weighted by Crippen LogP contribution is 2.21.